The van der Waals surface area contributed by atoms with Crippen LogP contribution in [-0.4, -0.2) is 25.5 Å². The Balaban J connectivity index is 2.66. The third-order valence-corrected chi connectivity index (χ3v) is 2.38. The molecular weight excluding hydrogens is 140 g/mol. The molecule has 1 aliphatic rings. The highest BCUT2D eigenvalue weighted by Crippen LogP contribution is 2.43. The number of carbonyl (C=O) groups is 1. The molecule has 3 heteroatoms. The molecule has 1 fully saturated rings. The van der Waals surface area contributed by atoms with Gasteiger partial charge in [-0.25, -0.2) is 0 Å². The summed E-state index contributed by atoms with van der Waals surface area (Å²) in [5.74, 6) is 0.359. The number of hydrogen-bond acceptors (Lipinski definition) is 2. The first-order valence-corrected chi connectivity index (χ1v) is 3.75. The van der Waals surface area contributed by atoms with Crippen LogP contribution in [0.25, 0.3) is 0 Å². The van der Waals surface area contributed by atoms with Gasteiger partial charge in [0, 0.05) is 13.0 Å². The molecule has 1 rings (SSSR count). The molecular formula is C8H14N2O. The number of carbonyl (C=O) groups excluding carboxylic acids is 1. The standard InChI is InChI=1S/C8H14N2O/c1-4-6-5-8(6,10-3)7(11)9-2/h4,6,10H,1,5H2,2-3H3,(H,9,11). The summed E-state index contributed by atoms with van der Waals surface area (Å²) in [5, 5.41) is 5.65. The van der Waals surface area contributed by atoms with Gasteiger partial charge in [0.15, 0.2) is 0 Å². The third-order valence-electron chi connectivity index (χ3n) is 2.38. The Labute approximate surface area is 66.9 Å². The molecule has 0 spiro atoms. The van der Waals surface area contributed by atoms with E-state index < -0.39 is 0 Å². The molecule has 2 N–H and O–H groups in total. The Morgan fingerprint density at radius 2 is 2.36 bits per heavy atom. The maximum atomic E-state index is 11.3. The third kappa shape index (κ3) is 1.05. The molecule has 3 nitrogen and oxygen atoms in total. The smallest absolute Gasteiger partial charge is 0.240 e. The van der Waals surface area contributed by atoms with Gasteiger partial charge >= 0.3 is 0 Å². The lowest BCUT2D eigenvalue weighted by molar-refractivity contribution is -0.123. The lowest BCUT2D eigenvalue weighted by atomic mass is 10.2. The van der Waals surface area contributed by atoms with Crippen LogP contribution in [0.2, 0.25) is 0 Å². The molecule has 1 saturated carbocycles. The van der Waals surface area contributed by atoms with Crippen LogP contribution in [0.15, 0.2) is 12.7 Å². The van der Waals surface area contributed by atoms with Gasteiger partial charge in [-0.05, 0) is 13.5 Å². The van der Waals surface area contributed by atoms with Gasteiger partial charge in [-0.1, -0.05) is 6.08 Å². The largest absolute Gasteiger partial charge is 0.358 e. The van der Waals surface area contributed by atoms with Gasteiger partial charge in [0.1, 0.15) is 5.54 Å². The normalized spacial score (nSPS) is 34.5. The molecule has 2 atom stereocenters. The zero-order valence-corrected chi connectivity index (χ0v) is 6.98. The lowest BCUT2D eigenvalue weighted by Crippen LogP contribution is -2.45. The topological polar surface area (TPSA) is 41.1 Å². The molecule has 11 heavy (non-hydrogen) atoms. The Hall–Kier alpha value is -0.830. The molecule has 1 amide bonds. The van der Waals surface area contributed by atoms with Crippen LogP contribution in [0.1, 0.15) is 6.42 Å². The maximum Gasteiger partial charge on any atom is 0.240 e. The number of rotatable bonds is 3. The number of hydrogen-bond donors (Lipinski definition) is 2. The molecule has 62 valence electrons. The first-order chi connectivity index (χ1) is 5.21. The Kier molecular flexibility index (Phi) is 2.00. The van der Waals surface area contributed by atoms with Gasteiger partial charge in [-0.2, -0.15) is 0 Å². The summed E-state index contributed by atoms with van der Waals surface area (Å²) in [6, 6.07) is 0. The van der Waals surface area contributed by atoms with Gasteiger partial charge < -0.3 is 10.6 Å². The first kappa shape index (κ1) is 8.27. The van der Waals surface area contributed by atoms with Crippen molar-refractivity contribution in [3.63, 3.8) is 0 Å². The van der Waals surface area contributed by atoms with Crippen LogP contribution in [0.5, 0.6) is 0 Å². The summed E-state index contributed by atoms with van der Waals surface area (Å²) in [4.78, 5) is 11.3. The van der Waals surface area contributed by atoms with Crippen LogP contribution in [0.4, 0.5) is 0 Å². The maximum absolute atomic E-state index is 11.3. The van der Waals surface area contributed by atoms with Gasteiger partial charge in [-0.3, -0.25) is 4.79 Å². The fraction of sp³-hybridized carbons (Fsp3) is 0.625. The summed E-state index contributed by atoms with van der Waals surface area (Å²) in [6.45, 7) is 3.66. The van der Waals surface area contributed by atoms with Crippen molar-refractivity contribution in [2.45, 2.75) is 12.0 Å². The van der Waals surface area contributed by atoms with E-state index in [2.05, 4.69) is 17.2 Å². The number of nitrogens with one attached hydrogen (secondary N) is 2. The highest BCUT2D eigenvalue weighted by Gasteiger charge is 2.57. The molecule has 0 aromatic heterocycles. The first-order valence-electron chi connectivity index (χ1n) is 3.75. The van der Waals surface area contributed by atoms with Crippen LogP contribution in [-0.2, 0) is 4.79 Å². The van der Waals surface area contributed by atoms with Crippen molar-refractivity contribution in [1.29, 1.82) is 0 Å². The van der Waals surface area contributed by atoms with Crippen molar-refractivity contribution < 1.29 is 4.79 Å². The van der Waals surface area contributed by atoms with Crippen molar-refractivity contribution in [3.05, 3.63) is 12.7 Å². The molecule has 0 radical (unpaired) electrons. The monoisotopic (exact) mass is 154 g/mol. The second kappa shape index (κ2) is 2.66. The van der Waals surface area contributed by atoms with Crippen LogP contribution in [0.3, 0.4) is 0 Å². The highest BCUT2D eigenvalue weighted by atomic mass is 16.2. The molecule has 0 aromatic carbocycles. The van der Waals surface area contributed by atoms with Crippen molar-refractivity contribution in [2.24, 2.45) is 5.92 Å². The molecule has 0 bridgehead atoms. The second-order valence-corrected chi connectivity index (χ2v) is 2.85. The van der Waals surface area contributed by atoms with E-state index in [1.165, 1.54) is 0 Å². The fourth-order valence-electron chi connectivity index (χ4n) is 1.46. The molecule has 0 saturated heterocycles. The highest BCUT2D eigenvalue weighted by molar-refractivity contribution is 5.90. The zero-order chi connectivity index (χ0) is 8.48. The van der Waals surface area contributed by atoms with Crippen LogP contribution < -0.4 is 10.6 Å². The van der Waals surface area contributed by atoms with E-state index in [1.54, 1.807) is 14.1 Å². The number of likely N-dealkylation sites (N-methyl/N-ethyl adjacent to an activating group) is 2. The fourth-order valence-corrected chi connectivity index (χ4v) is 1.46. The molecule has 0 heterocycles. The summed E-state index contributed by atoms with van der Waals surface area (Å²) >= 11 is 0. The van der Waals surface area contributed by atoms with E-state index in [1.807, 2.05) is 6.08 Å². The minimum absolute atomic E-state index is 0.0601. The van der Waals surface area contributed by atoms with Crippen LogP contribution in [0, 0.1) is 5.92 Å². The van der Waals surface area contributed by atoms with Crippen molar-refractivity contribution >= 4 is 5.91 Å². The molecule has 1 aliphatic carbocycles. The van der Waals surface area contributed by atoms with E-state index in [0.717, 1.165) is 6.42 Å². The van der Waals surface area contributed by atoms with E-state index >= 15 is 0 Å². The molecule has 2 unspecified atom stereocenters. The number of amides is 1. The Morgan fingerprint density at radius 3 is 2.64 bits per heavy atom. The quantitative estimate of drug-likeness (QED) is 0.557. The SMILES string of the molecule is C=CC1CC1(NC)C(=O)NC. The van der Waals surface area contributed by atoms with E-state index in [0.29, 0.717) is 5.92 Å². The molecule has 0 aliphatic heterocycles. The van der Waals surface area contributed by atoms with Crippen LogP contribution >= 0.6 is 0 Å². The average molecular weight is 154 g/mol. The van der Waals surface area contributed by atoms with E-state index in [9.17, 15) is 4.79 Å². The predicted molar refractivity (Wildman–Crippen MR) is 44.2 cm³/mol. The van der Waals surface area contributed by atoms with Crippen molar-refractivity contribution in [3.8, 4) is 0 Å². The van der Waals surface area contributed by atoms with Gasteiger partial charge in [0.05, 0.1) is 0 Å². The second-order valence-electron chi connectivity index (χ2n) is 2.85. The summed E-state index contributed by atoms with van der Waals surface area (Å²) in [6.07, 6.45) is 2.69. The van der Waals surface area contributed by atoms with Gasteiger partial charge in [0.2, 0.25) is 5.91 Å². The summed E-state index contributed by atoms with van der Waals surface area (Å²) in [7, 11) is 3.46. The van der Waals surface area contributed by atoms with E-state index in [-0.39, 0.29) is 11.4 Å². The minimum Gasteiger partial charge on any atom is -0.358 e. The summed E-state index contributed by atoms with van der Waals surface area (Å²) < 4.78 is 0. The predicted octanol–water partition coefficient (Wildman–Crippen LogP) is -0.103. The molecule has 0 aromatic rings. The van der Waals surface area contributed by atoms with E-state index in [4.69, 9.17) is 0 Å². The average Bonchev–Trinajstić information content (AvgIpc) is 2.78. The zero-order valence-electron chi connectivity index (χ0n) is 6.98. The van der Waals surface area contributed by atoms with Crippen molar-refractivity contribution in [1.82, 2.24) is 10.6 Å². The lowest BCUT2D eigenvalue weighted by Gasteiger charge is -2.12. The Bertz CT molecular complexity index is 191. The Morgan fingerprint density at radius 1 is 1.73 bits per heavy atom. The minimum atomic E-state index is -0.351. The van der Waals surface area contributed by atoms with Crippen molar-refractivity contribution in [2.75, 3.05) is 14.1 Å². The van der Waals surface area contributed by atoms with Gasteiger partial charge in [-0.15, -0.1) is 6.58 Å². The summed E-state index contributed by atoms with van der Waals surface area (Å²) in [5.41, 5.74) is -0.351. The van der Waals surface area contributed by atoms with Gasteiger partial charge in [0.25, 0.3) is 0 Å².